The molecule has 16 heavy (non-hydrogen) atoms. The fourth-order valence-electron chi connectivity index (χ4n) is 1.12. The molecular weight excluding hydrogens is 204 g/mol. The van der Waals surface area contributed by atoms with Crippen molar-refractivity contribution in [3.63, 3.8) is 0 Å². The first kappa shape index (κ1) is 12.8. The minimum absolute atomic E-state index is 0. The summed E-state index contributed by atoms with van der Waals surface area (Å²) >= 11 is 0. The largest absolute Gasteiger partial charge is 0.381 e. The van der Waals surface area contributed by atoms with Crippen molar-refractivity contribution in [3.8, 4) is 0 Å². The van der Waals surface area contributed by atoms with Gasteiger partial charge in [0, 0.05) is 21.3 Å². The van der Waals surface area contributed by atoms with Crippen LogP contribution in [-0.2, 0) is 4.74 Å². The number of nitrogens with one attached hydrogen (secondary N) is 2. The monoisotopic (exact) mass is 226 g/mol. The van der Waals surface area contributed by atoms with E-state index in [0.717, 1.165) is 13.0 Å². The predicted octanol–water partition coefficient (Wildman–Crippen LogP) is 2.24. The lowest BCUT2D eigenvalue weighted by atomic mass is 10.4. The van der Waals surface area contributed by atoms with Gasteiger partial charge in [0.1, 0.15) is 5.69 Å². The third kappa shape index (κ3) is 4.98. The van der Waals surface area contributed by atoms with Crippen LogP contribution in [0.5, 0.6) is 0 Å². The molecule has 0 atom stereocenters. The molecule has 0 amide bonds. The second-order valence-electron chi connectivity index (χ2n) is 3.77. The van der Waals surface area contributed by atoms with Crippen LogP contribution in [0.4, 0.5) is 5.69 Å². The van der Waals surface area contributed by atoms with Gasteiger partial charge in [-0.2, -0.15) is 0 Å². The summed E-state index contributed by atoms with van der Waals surface area (Å²) in [4.78, 5) is 13.6. The van der Waals surface area contributed by atoms with Crippen LogP contribution in [0.1, 0.15) is 27.6 Å². The van der Waals surface area contributed by atoms with E-state index in [1.54, 1.807) is 25.4 Å². The molecule has 1 fully saturated rings. The number of aromatic amines is 1. The van der Waals surface area contributed by atoms with Gasteiger partial charge in [-0.05, 0) is 31.4 Å². The molecule has 0 aromatic carbocycles. The van der Waals surface area contributed by atoms with Gasteiger partial charge in [-0.1, -0.05) is 6.92 Å². The Balaban J connectivity index is 0.000000360. The number of aromatic nitrogens is 1. The van der Waals surface area contributed by atoms with E-state index in [1.165, 1.54) is 12.8 Å². The van der Waals surface area contributed by atoms with E-state index < -0.39 is 0 Å². The fraction of sp³-hybridized carbons (Fsp3) is 0.583. The molecule has 2 rings (SSSR count). The molecule has 0 bridgehead atoms. The summed E-state index contributed by atoms with van der Waals surface area (Å²) < 4.78 is 4.86. The SMILES string of the molecule is CCCNc1ccc[nH]c1=O.COC1CC1.[HH]. The van der Waals surface area contributed by atoms with Gasteiger partial charge in [0.2, 0.25) is 0 Å². The van der Waals surface area contributed by atoms with Crippen molar-refractivity contribution in [1.29, 1.82) is 0 Å². The minimum Gasteiger partial charge on any atom is -0.381 e. The Morgan fingerprint density at radius 3 is 2.81 bits per heavy atom. The zero-order valence-electron chi connectivity index (χ0n) is 9.95. The molecule has 0 spiro atoms. The molecule has 1 heterocycles. The average molecular weight is 226 g/mol. The molecule has 92 valence electrons. The highest BCUT2D eigenvalue weighted by Crippen LogP contribution is 2.21. The Bertz CT molecular complexity index is 350. The number of methoxy groups -OCH3 is 1. The lowest BCUT2D eigenvalue weighted by Gasteiger charge is -2.00. The molecular formula is C12H22N2O2. The summed E-state index contributed by atoms with van der Waals surface area (Å²) in [6, 6.07) is 3.58. The smallest absolute Gasteiger partial charge is 0.271 e. The minimum atomic E-state index is -0.0547. The number of pyridine rings is 1. The molecule has 2 N–H and O–H groups in total. The van der Waals surface area contributed by atoms with Crippen LogP contribution in [0.2, 0.25) is 0 Å². The van der Waals surface area contributed by atoms with Crippen molar-refractivity contribution >= 4 is 5.69 Å². The van der Waals surface area contributed by atoms with Crippen molar-refractivity contribution in [2.75, 3.05) is 19.0 Å². The highest BCUT2D eigenvalue weighted by molar-refractivity contribution is 5.39. The van der Waals surface area contributed by atoms with Crippen LogP contribution >= 0.6 is 0 Å². The first-order valence-electron chi connectivity index (χ1n) is 5.72. The first-order valence-corrected chi connectivity index (χ1v) is 5.72. The Morgan fingerprint density at radius 1 is 1.62 bits per heavy atom. The average Bonchev–Trinajstić information content (AvgIpc) is 3.12. The summed E-state index contributed by atoms with van der Waals surface area (Å²) in [5.41, 5.74) is 0.593. The Morgan fingerprint density at radius 2 is 2.38 bits per heavy atom. The molecule has 1 saturated carbocycles. The molecule has 1 aromatic rings. The number of H-pyrrole nitrogens is 1. The van der Waals surface area contributed by atoms with Crippen molar-refractivity contribution in [2.45, 2.75) is 32.3 Å². The summed E-state index contributed by atoms with van der Waals surface area (Å²) in [6.07, 6.45) is 5.86. The van der Waals surface area contributed by atoms with E-state index in [-0.39, 0.29) is 6.99 Å². The van der Waals surface area contributed by atoms with E-state index in [9.17, 15) is 4.79 Å². The summed E-state index contributed by atoms with van der Waals surface area (Å²) in [7, 11) is 1.76. The van der Waals surface area contributed by atoms with Gasteiger partial charge in [0.15, 0.2) is 0 Å². The van der Waals surface area contributed by atoms with Gasteiger partial charge in [-0.15, -0.1) is 0 Å². The number of anilines is 1. The van der Waals surface area contributed by atoms with E-state index in [4.69, 9.17) is 4.74 Å². The molecule has 1 aliphatic rings. The van der Waals surface area contributed by atoms with Crippen LogP contribution in [0.3, 0.4) is 0 Å². The molecule has 0 radical (unpaired) electrons. The third-order valence-electron chi connectivity index (χ3n) is 2.24. The zero-order valence-corrected chi connectivity index (χ0v) is 9.95. The summed E-state index contributed by atoms with van der Waals surface area (Å²) in [6.45, 7) is 2.90. The van der Waals surface area contributed by atoms with E-state index in [1.807, 2.05) is 0 Å². The highest BCUT2D eigenvalue weighted by atomic mass is 16.5. The predicted molar refractivity (Wildman–Crippen MR) is 68.0 cm³/mol. The van der Waals surface area contributed by atoms with Gasteiger partial charge in [0.25, 0.3) is 5.56 Å². The van der Waals surface area contributed by atoms with Gasteiger partial charge in [-0.3, -0.25) is 4.79 Å². The second-order valence-corrected chi connectivity index (χ2v) is 3.77. The van der Waals surface area contributed by atoms with Crippen LogP contribution in [0.25, 0.3) is 0 Å². The molecule has 1 aromatic heterocycles. The van der Waals surface area contributed by atoms with Gasteiger partial charge < -0.3 is 15.0 Å². The lowest BCUT2D eigenvalue weighted by Crippen LogP contribution is -2.13. The molecule has 0 saturated heterocycles. The Labute approximate surface area is 97.5 Å². The standard InChI is InChI=1S/C8H12N2O.C4H8O.H2/c1-2-5-9-7-4-3-6-10-8(7)11;1-5-4-2-3-4;/h3-4,6,9H,2,5H2,1H3,(H,10,11);4H,2-3H2,1H3;1H. The normalized spacial score (nSPS) is 13.9. The quantitative estimate of drug-likeness (QED) is 0.827. The van der Waals surface area contributed by atoms with Crippen molar-refractivity contribution in [2.24, 2.45) is 0 Å². The van der Waals surface area contributed by atoms with Gasteiger partial charge in [0.05, 0.1) is 6.10 Å². The lowest BCUT2D eigenvalue weighted by molar-refractivity contribution is 0.183. The maximum absolute atomic E-state index is 11.0. The topological polar surface area (TPSA) is 54.1 Å². The van der Waals surface area contributed by atoms with Gasteiger partial charge >= 0.3 is 0 Å². The van der Waals surface area contributed by atoms with Crippen molar-refractivity contribution < 1.29 is 6.16 Å². The zero-order chi connectivity index (χ0) is 11.8. The number of hydrogen-bond acceptors (Lipinski definition) is 3. The molecule has 0 unspecified atom stereocenters. The van der Waals surface area contributed by atoms with Crippen LogP contribution in [0.15, 0.2) is 23.1 Å². The van der Waals surface area contributed by atoms with Gasteiger partial charge in [-0.25, -0.2) is 0 Å². The molecule has 4 heteroatoms. The fourth-order valence-corrected chi connectivity index (χ4v) is 1.12. The van der Waals surface area contributed by atoms with Crippen LogP contribution < -0.4 is 10.9 Å². The van der Waals surface area contributed by atoms with E-state index >= 15 is 0 Å². The maximum Gasteiger partial charge on any atom is 0.271 e. The Hall–Kier alpha value is -1.29. The third-order valence-corrected chi connectivity index (χ3v) is 2.24. The van der Waals surface area contributed by atoms with E-state index in [2.05, 4.69) is 17.2 Å². The molecule has 4 nitrogen and oxygen atoms in total. The van der Waals surface area contributed by atoms with Crippen LogP contribution in [-0.4, -0.2) is 24.7 Å². The van der Waals surface area contributed by atoms with Crippen molar-refractivity contribution in [3.05, 3.63) is 28.7 Å². The first-order chi connectivity index (χ1) is 7.77. The summed E-state index contributed by atoms with van der Waals surface area (Å²) in [5, 5.41) is 3.02. The maximum atomic E-state index is 11.0. The molecule has 0 aliphatic heterocycles. The van der Waals surface area contributed by atoms with Crippen molar-refractivity contribution in [1.82, 2.24) is 4.98 Å². The van der Waals surface area contributed by atoms with E-state index in [0.29, 0.717) is 11.8 Å². The highest BCUT2D eigenvalue weighted by Gasteiger charge is 2.19. The number of hydrogen-bond donors (Lipinski definition) is 2. The number of ether oxygens (including phenoxy) is 1. The van der Waals surface area contributed by atoms with Crippen LogP contribution in [0, 0.1) is 0 Å². The molecule has 1 aliphatic carbocycles. The Kier molecular flexibility index (Phi) is 5.64. The summed E-state index contributed by atoms with van der Waals surface area (Å²) in [5.74, 6) is 0. The number of rotatable bonds is 4. The second kappa shape index (κ2) is 7.06.